The van der Waals surface area contributed by atoms with Gasteiger partial charge in [-0.1, -0.05) is 18.2 Å². The maximum atomic E-state index is 12.5. The van der Waals surface area contributed by atoms with Crippen LogP contribution in [-0.4, -0.2) is 60.0 Å². The summed E-state index contributed by atoms with van der Waals surface area (Å²) in [5.41, 5.74) is 3.03. The van der Waals surface area contributed by atoms with Gasteiger partial charge in [0.25, 0.3) is 0 Å². The molecule has 1 aliphatic heterocycles. The zero-order valence-electron chi connectivity index (χ0n) is 21.0. The number of nitriles is 1. The summed E-state index contributed by atoms with van der Waals surface area (Å²) in [7, 11) is 0. The summed E-state index contributed by atoms with van der Waals surface area (Å²) in [6.45, 7) is 6.15. The minimum Gasteiger partial charge on any atom is -0.457 e. The molecule has 2 N–H and O–H groups in total. The van der Waals surface area contributed by atoms with Crippen LogP contribution in [0.5, 0.6) is 17.2 Å². The van der Waals surface area contributed by atoms with Crippen LogP contribution in [0.3, 0.4) is 0 Å². The first-order valence-electron chi connectivity index (χ1n) is 12.4. The van der Waals surface area contributed by atoms with Gasteiger partial charge in [-0.05, 0) is 43.3 Å². The van der Waals surface area contributed by atoms with Gasteiger partial charge in [-0.3, -0.25) is 4.90 Å². The van der Waals surface area contributed by atoms with E-state index in [2.05, 4.69) is 26.7 Å². The lowest BCUT2D eigenvalue weighted by molar-refractivity contribution is 0.0385. The van der Waals surface area contributed by atoms with E-state index in [4.69, 9.17) is 14.2 Å². The number of para-hydroxylation sites is 1. The van der Waals surface area contributed by atoms with Crippen molar-refractivity contribution in [3.63, 3.8) is 0 Å². The highest BCUT2D eigenvalue weighted by atomic mass is 16.6. The molecule has 0 spiro atoms. The summed E-state index contributed by atoms with van der Waals surface area (Å²) < 4.78 is 18.4. The van der Waals surface area contributed by atoms with Gasteiger partial charge in [-0.15, -0.1) is 0 Å². The Bertz CT molecular complexity index is 1440. The van der Waals surface area contributed by atoms with Gasteiger partial charge in [-0.2, -0.15) is 10.4 Å². The summed E-state index contributed by atoms with van der Waals surface area (Å²) in [5, 5.41) is 20.2. The molecule has 0 bridgehead atoms. The Morgan fingerprint density at radius 2 is 1.84 bits per heavy atom. The summed E-state index contributed by atoms with van der Waals surface area (Å²) in [5.74, 6) is 1.81. The van der Waals surface area contributed by atoms with Gasteiger partial charge in [0.05, 0.1) is 42.4 Å². The molecule has 2 aromatic heterocycles. The van der Waals surface area contributed by atoms with Crippen molar-refractivity contribution >= 4 is 23.0 Å². The second-order valence-electron chi connectivity index (χ2n) is 8.79. The molecule has 0 saturated carbocycles. The lowest BCUT2D eigenvalue weighted by Crippen LogP contribution is -2.41. The number of hydrogen-bond donors (Lipinski definition) is 2. The molecular formula is C28H28N6O4. The molecule has 1 saturated heterocycles. The number of ether oxygens (including phenoxy) is 3. The molecule has 38 heavy (non-hydrogen) atoms. The van der Waals surface area contributed by atoms with E-state index >= 15 is 0 Å². The van der Waals surface area contributed by atoms with E-state index in [9.17, 15) is 10.1 Å². The number of carbonyl (C=O) groups excluding carboxylic acids is 1. The van der Waals surface area contributed by atoms with E-state index in [1.807, 2.05) is 61.5 Å². The van der Waals surface area contributed by atoms with Crippen molar-refractivity contribution in [3.8, 4) is 23.3 Å². The summed E-state index contributed by atoms with van der Waals surface area (Å²) >= 11 is 0. The Kier molecular flexibility index (Phi) is 7.68. The van der Waals surface area contributed by atoms with Crippen molar-refractivity contribution in [2.45, 2.75) is 6.92 Å². The van der Waals surface area contributed by atoms with Gasteiger partial charge in [0.15, 0.2) is 5.75 Å². The minimum absolute atomic E-state index is 0.366. The number of aryl methyl sites for hydroxylation is 1. The van der Waals surface area contributed by atoms with Gasteiger partial charge in [-0.25, -0.2) is 9.31 Å². The van der Waals surface area contributed by atoms with Crippen molar-refractivity contribution < 1.29 is 19.0 Å². The maximum Gasteiger partial charge on any atom is 0.412 e. The third kappa shape index (κ3) is 5.86. The van der Waals surface area contributed by atoms with E-state index in [0.29, 0.717) is 53.6 Å². The van der Waals surface area contributed by atoms with Gasteiger partial charge < -0.3 is 24.8 Å². The number of fused-ring (bicyclic) bond motifs is 1. The van der Waals surface area contributed by atoms with Crippen molar-refractivity contribution in [3.05, 3.63) is 78.1 Å². The number of rotatable bonds is 8. The third-order valence-corrected chi connectivity index (χ3v) is 6.24. The predicted octanol–water partition coefficient (Wildman–Crippen LogP) is 4.47. The fourth-order valence-corrected chi connectivity index (χ4v) is 4.23. The zero-order valence-corrected chi connectivity index (χ0v) is 21.0. The molecule has 2 aromatic carbocycles. The summed E-state index contributed by atoms with van der Waals surface area (Å²) in [6, 6.07) is 19.2. The van der Waals surface area contributed by atoms with Gasteiger partial charge in [0.1, 0.15) is 17.6 Å². The number of nitrogens with one attached hydrogen (secondary N) is 2. The Morgan fingerprint density at radius 1 is 1.11 bits per heavy atom. The van der Waals surface area contributed by atoms with E-state index in [1.165, 1.54) is 6.20 Å². The molecular weight excluding hydrogens is 484 g/mol. The van der Waals surface area contributed by atoms with Gasteiger partial charge in [0, 0.05) is 37.4 Å². The Hall–Kier alpha value is -4.59. The van der Waals surface area contributed by atoms with Crippen LogP contribution in [0.4, 0.5) is 16.2 Å². The van der Waals surface area contributed by atoms with Crippen molar-refractivity contribution in [2.75, 3.05) is 44.7 Å². The van der Waals surface area contributed by atoms with Crippen molar-refractivity contribution in [1.82, 2.24) is 19.8 Å². The molecule has 194 valence electrons. The Labute approximate surface area is 220 Å². The number of carbonyl (C=O) groups is 1. The number of amides is 1. The van der Waals surface area contributed by atoms with Crippen molar-refractivity contribution in [2.24, 2.45) is 0 Å². The van der Waals surface area contributed by atoms with Crippen LogP contribution >= 0.6 is 0 Å². The molecule has 0 atom stereocenters. The highest BCUT2D eigenvalue weighted by molar-refractivity contribution is 5.86. The first-order chi connectivity index (χ1) is 18.6. The quantitative estimate of drug-likeness (QED) is 0.356. The molecule has 5 rings (SSSR count). The van der Waals surface area contributed by atoms with E-state index < -0.39 is 6.09 Å². The normalized spacial score (nSPS) is 13.6. The fraction of sp³-hybridized carbons (Fsp3) is 0.250. The number of anilines is 2. The topological polar surface area (TPSA) is 113 Å². The molecule has 1 amide bonds. The van der Waals surface area contributed by atoms with Crippen LogP contribution in [0.25, 0.3) is 5.52 Å². The maximum absolute atomic E-state index is 12.5. The average Bonchev–Trinajstić information content (AvgIpc) is 3.26. The predicted molar refractivity (Wildman–Crippen MR) is 142 cm³/mol. The van der Waals surface area contributed by atoms with Crippen LogP contribution in [0.15, 0.2) is 67.0 Å². The van der Waals surface area contributed by atoms with Crippen molar-refractivity contribution in [1.29, 1.82) is 5.26 Å². The van der Waals surface area contributed by atoms with E-state index in [0.717, 1.165) is 31.1 Å². The lowest BCUT2D eigenvalue weighted by atomic mass is 10.1. The molecule has 10 nitrogen and oxygen atoms in total. The second-order valence-corrected chi connectivity index (χ2v) is 8.79. The fourth-order valence-electron chi connectivity index (χ4n) is 4.23. The molecule has 0 unspecified atom stereocenters. The standard InChI is InChI=1S/C28H28N6O4/c1-20-25(38-28(35)30-11-12-33-13-15-36-16-14-33)19-34-27(20)26(21(17-29)18-31-34)32-22-7-9-24(10-8-22)37-23-5-3-2-4-6-23/h2-10,18-19,32H,11-16H2,1H3,(H,30,35). The first-order valence-corrected chi connectivity index (χ1v) is 12.4. The van der Waals surface area contributed by atoms with Crippen LogP contribution < -0.4 is 20.1 Å². The summed E-state index contributed by atoms with van der Waals surface area (Å²) in [4.78, 5) is 14.7. The number of morpholine rings is 1. The number of hydrogen-bond acceptors (Lipinski definition) is 8. The third-order valence-electron chi connectivity index (χ3n) is 6.24. The molecule has 0 radical (unpaired) electrons. The zero-order chi connectivity index (χ0) is 26.3. The second kappa shape index (κ2) is 11.6. The minimum atomic E-state index is -0.540. The lowest BCUT2D eigenvalue weighted by Gasteiger charge is -2.26. The molecule has 4 aromatic rings. The highest BCUT2D eigenvalue weighted by Crippen LogP contribution is 2.34. The Balaban J connectivity index is 1.29. The monoisotopic (exact) mass is 512 g/mol. The largest absolute Gasteiger partial charge is 0.457 e. The number of benzene rings is 2. The van der Waals surface area contributed by atoms with E-state index in [-0.39, 0.29) is 0 Å². The SMILES string of the molecule is Cc1c(OC(=O)NCCN2CCOCC2)cn2ncc(C#N)c(Nc3ccc(Oc4ccccc4)cc3)c12. The average molecular weight is 513 g/mol. The van der Waals surface area contributed by atoms with Crippen LogP contribution in [-0.2, 0) is 4.74 Å². The molecule has 0 aliphatic carbocycles. The molecule has 10 heteroatoms. The highest BCUT2D eigenvalue weighted by Gasteiger charge is 2.19. The smallest absolute Gasteiger partial charge is 0.412 e. The van der Waals surface area contributed by atoms with Gasteiger partial charge in [0.2, 0.25) is 0 Å². The Morgan fingerprint density at radius 3 is 2.58 bits per heavy atom. The first kappa shape index (κ1) is 25.1. The number of aromatic nitrogens is 2. The number of nitrogens with zero attached hydrogens (tertiary/aromatic N) is 4. The van der Waals surface area contributed by atoms with Crippen LogP contribution in [0.1, 0.15) is 11.1 Å². The summed E-state index contributed by atoms with van der Waals surface area (Å²) in [6.07, 6.45) is 2.57. The molecule has 1 fully saturated rings. The van der Waals surface area contributed by atoms with Crippen LogP contribution in [0.2, 0.25) is 0 Å². The van der Waals surface area contributed by atoms with Gasteiger partial charge >= 0.3 is 6.09 Å². The molecule has 1 aliphatic rings. The van der Waals surface area contributed by atoms with E-state index in [1.54, 1.807) is 10.7 Å². The molecule has 3 heterocycles. The van der Waals surface area contributed by atoms with Crippen LogP contribution in [0, 0.1) is 18.3 Å².